The van der Waals surface area contributed by atoms with Crippen LogP contribution in [0.1, 0.15) is 41.4 Å². The summed E-state index contributed by atoms with van der Waals surface area (Å²) in [6, 6.07) is 11.6. The van der Waals surface area contributed by atoms with Gasteiger partial charge in [0.1, 0.15) is 0 Å². The Balaban J connectivity index is 1.18. The van der Waals surface area contributed by atoms with Crippen LogP contribution in [-0.4, -0.2) is 57.3 Å². The van der Waals surface area contributed by atoms with E-state index in [1.54, 1.807) is 0 Å². The topological polar surface area (TPSA) is 78.4 Å². The third-order valence-corrected chi connectivity index (χ3v) is 7.49. The van der Waals surface area contributed by atoms with Gasteiger partial charge in [0.15, 0.2) is 0 Å². The largest absolute Gasteiger partial charge is 0.342 e. The maximum atomic E-state index is 13.1. The first kappa shape index (κ1) is 20.1. The normalized spacial score (nSPS) is 18.6. The number of hydrogen-bond acceptors (Lipinski definition) is 4. The molecule has 4 heterocycles. The summed E-state index contributed by atoms with van der Waals surface area (Å²) in [5.74, 6) is 0.263. The minimum atomic E-state index is -0.0752. The van der Waals surface area contributed by atoms with E-state index in [0.29, 0.717) is 26.2 Å². The van der Waals surface area contributed by atoms with Crippen LogP contribution in [0.4, 0.5) is 0 Å². The number of imidazole rings is 1. The molecule has 5 rings (SSSR count). The number of likely N-dealkylation sites (tertiary alicyclic amines) is 2. The van der Waals surface area contributed by atoms with Gasteiger partial charge in [-0.05, 0) is 49.3 Å². The van der Waals surface area contributed by atoms with Gasteiger partial charge >= 0.3 is 5.69 Å². The van der Waals surface area contributed by atoms with Gasteiger partial charge in [0.2, 0.25) is 5.91 Å². The number of rotatable bonds is 3. The Morgan fingerprint density at radius 1 is 0.903 bits per heavy atom. The van der Waals surface area contributed by atoms with E-state index in [0.717, 1.165) is 41.6 Å². The number of carbonyl (C=O) groups is 2. The lowest BCUT2D eigenvalue weighted by molar-refractivity contribution is -0.138. The molecule has 3 aromatic rings. The summed E-state index contributed by atoms with van der Waals surface area (Å²) in [4.78, 5) is 45.6. The summed E-state index contributed by atoms with van der Waals surface area (Å²) < 4.78 is 1.85. The molecule has 0 bridgehead atoms. The molecule has 162 valence electrons. The van der Waals surface area contributed by atoms with Crippen molar-refractivity contribution in [2.75, 3.05) is 26.2 Å². The highest BCUT2D eigenvalue weighted by atomic mass is 32.1. The predicted molar refractivity (Wildman–Crippen MR) is 120 cm³/mol. The standard InChI is InChI=1S/C23H26N4O3S/c28-21(16-7-11-26(12-8-16)22(29)20-6-3-15-31-20)25-13-9-17(10-14-25)27-19-5-2-1-4-18(19)24-23(27)30/h1-6,15-17H,7-14H2,(H,24,30). The Morgan fingerprint density at radius 2 is 1.61 bits per heavy atom. The number of thiophene rings is 1. The van der Waals surface area contributed by atoms with Crippen molar-refractivity contribution in [3.63, 3.8) is 0 Å². The van der Waals surface area contributed by atoms with E-state index in [1.165, 1.54) is 11.3 Å². The highest BCUT2D eigenvalue weighted by Crippen LogP contribution is 2.28. The molecule has 0 atom stereocenters. The molecule has 1 aromatic carbocycles. The average molecular weight is 439 g/mol. The number of hydrogen-bond donors (Lipinski definition) is 1. The van der Waals surface area contributed by atoms with Crippen LogP contribution in [-0.2, 0) is 4.79 Å². The lowest BCUT2D eigenvalue weighted by Gasteiger charge is -2.37. The van der Waals surface area contributed by atoms with Crippen LogP contribution < -0.4 is 5.69 Å². The molecule has 31 heavy (non-hydrogen) atoms. The smallest absolute Gasteiger partial charge is 0.326 e. The first-order valence-electron chi connectivity index (χ1n) is 10.9. The third-order valence-electron chi connectivity index (χ3n) is 6.63. The molecule has 2 aliphatic heterocycles. The van der Waals surface area contributed by atoms with Crippen LogP contribution in [0, 0.1) is 5.92 Å². The van der Waals surface area contributed by atoms with Crippen LogP contribution >= 0.6 is 11.3 Å². The molecule has 0 spiro atoms. The molecule has 7 nitrogen and oxygen atoms in total. The highest BCUT2D eigenvalue weighted by Gasteiger charge is 2.33. The van der Waals surface area contributed by atoms with Crippen LogP contribution in [0.25, 0.3) is 11.0 Å². The number of nitrogens with zero attached hydrogens (tertiary/aromatic N) is 3. The Morgan fingerprint density at radius 3 is 2.32 bits per heavy atom. The fourth-order valence-corrected chi connectivity index (χ4v) is 5.62. The molecule has 0 aliphatic carbocycles. The molecular weight excluding hydrogens is 412 g/mol. The Bertz CT molecular complexity index is 1130. The number of para-hydroxylation sites is 2. The number of piperidine rings is 2. The second kappa shape index (κ2) is 8.34. The zero-order valence-electron chi connectivity index (χ0n) is 17.3. The molecule has 1 N–H and O–H groups in total. The van der Waals surface area contributed by atoms with E-state index in [9.17, 15) is 14.4 Å². The van der Waals surface area contributed by atoms with Gasteiger partial charge in [0, 0.05) is 38.1 Å². The molecule has 2 aliphatic rings. The molecule has 0 unspecified atom stereocenters. The zero-order valence-corrected chi connectivity index (χ0v) is 18.1. The van der Waals surface area contributed by atoms with E-state index < -0.39 is 0 Å². The second-order valence-corrected chi connectivity index (χ2v) is 9.37. The predicted octanol–water partition coefficient (Wildman–Crippen LogP) is 3.11. The number of amides is 2. The van der Waals surface area contributed by atoms with Gasteiger partial charge in [-0.3, -0.25) is 14.2 Å². The van der Waals surface area contributed by atoms with Crippen molar-refractivity contribution in [3.8, 4) is 0 Å². The quantitative estimate of drug-likeness (QED) is 0.683. The van der Waals surface area contributed by atoms with Crippen LogP contribution in [0.2, 0.25) is 0 Å². The summed E-state index contributed by atoms with van der Waals surface area (Å²) in [6.45, 7) is 2.61. The number of benzene rings is 1. The number of H-pyrrole nitrogens is 1. The molecule has 0 radical (unpaired) electrons. The SMILES string of the molecule is O=C(c1cccs1)N1CCC(C(=O)N2CCC(n3c(=O)[nH]c4ccccc43)CC2)CC1. The number of aromatic nitrogens is 2. The summed E-state index contributed by atoms with van der Waals surface area (Å²) >= 11 is 1.46. The fourth-order valence-electron chi connectivity index (χ4n) is 4.93. The van der Waals surface area contributed by atoms with Gasteiger partial charge in [0.05, 0.1) is 15.9 Å². The molecular formula is C23H26N4O3S. The first-order valence-corrected chi connectivity index (χ1v) is 11.8. The lowest BCUT2D eigenvalue weighted by atomic mass is 9.93. The minimum Gasteiger partial charge on any atom is -0.342 e. The maximum Gasteiger partial charge on any atom is 0.326 e. The van der Waals surface area contributed by atoms with Crippen LogP contribution in [0.5, 0.6) is 0 Å². The Labute approximate surface area is 184 Å². The van der Waals surface area contributed by atoms with Crippen molar-refractivity contribution in [2.24, 2.45) is 5.92 Å². The molecule has 2 fully saturated rings. The lowest BCUT2D eigenvalue weighted by Crippen LogP contribution is -2.47. The molecule has 2 aromatic heterocycles. The number of carbonyl (C=O) groups excluding carboxylic acids is 2. The third kappa shape index (κ3) is 3.80. The molecule has 2 amide bonds. The van der Waals surface area contributed by atoms with Gasteiger partial charge in [-0.15, -0.1) is 11.3 Å². The summed E-state index contributed by atoms with van der Waals surface area (Å²) in [5, 5.41) is 1.91. The monoisotopic (exact) mass is 438 g/mol. The fraction of sp³-hybridized carbons (Fsp3) is 0.435. The van der Waals surface area contributed by atoms with Gasteiger partial charge in [-0.1, -0.05) is 18.2 Å². The van der Waals surface area contributed by atoms with E-state index >= 15 is 0 Å². The molecule has 2 saturated heterocycles. The van der Waals surface area contributed by atoms with Gasteiger partial charge in [0.25, 0.3) is 5.91 Å². The van der Waals surface area contributed by atoms with E-state index in [1.807, 2.05) is 56.1 Å². The molecule has 0 saturated carbocycles. The summed E-state index contributed by atoms with van der Waals surface area (Å²) in [6.07, 6.45) is 3.00. The highest BCUT2D eigenvalue weighted by molar-refractivity contribution is 7.12. The Hall–Kier alpha value is -2.87. The van der Waals surface area contributed by atoms with Crippen molar-refractivity contribution in [1.82, 2.24) is 19.4 Å². The number of aromatic amines is 1. The maximum absolute atomic E-state index is 13.1. The number of nitrogens with one attached hydrogen (secondary N) is 1. The summed E-state index contributed by atoms with van der Waals surface area (Å²) in [7, 11) is 0. The van der Waals surface area contributed by atoms with Crippen molar-refractivity contribution in [2.45, 2.75) is 31.7 Å². The van der Waals surface area contributed by atoms with Crippen LogP contribution in [0.15, 0.2) is 46.6 Å². The van der Waals surface area contributed by atoms with Gasteiger partial charge in [-0.25, -0.2) is 4.79 Å². The number of fused-ring (bicyclic) bond motifs is 1. The van der Waals surface area contributed by atoms with Crippen molar-refractivity contribution in [3.05, 3.63) is 57.1 Å². The summed E-state index contributed by atoms with van der Waals surface area (Å²) in [5.41, 5.74) is 1.71. The van der Waals surface area contributed by atoms with Crippen molar-refractivity contribution in [1.29, 1.82) is 0 Å². The van der Waals surface area contributed by atoms with Crippen molar-refractivity contribution < 1.29 is 9.59 Å². The first-order chi connectivity index (χ1) is 15.1. The average Bonchev–Trinajstić information content (AvgIpc) is 3.46. The van der Waals surface area contributed by atoms with E-state index in [4.69, 9.17) is 0 Å². The Kier molecular flexibility index (Phi) is 5.40. The zero-order chi connectivity index (χ0) is 21.4. The van der Waals surface area contributed by atoms with E-state index in [-0.39, 0.29) is 29.5 Å². The molecule has 8 heteroatoms. The van der Waals surface area contributed by atoms with Crippen molar-refractivity contribution >= 4 is 34.2 Å². The van der Waals surface area contributed by atoms with E-state index in [2.05, 4.69) is 4.98 Å². The van der Waals surface area contributed by atoms with Gasteiger partial charge < -0.3 is 14.8 Å². The minimum absolute atomic E-state index is 0.0141. The van der Waals surface area contributed by atoms with Crippen LogP contribution in [0.3, 0.4) is 0 Å². The second-order valence-electron chi connectivity index (χ2n) is 8.42. The van der Waals surface area contributed by atoms with Gasteiger partial charge in [-0.2, -0.15) is 0 Å².